The van der Waals surface area contributed by atoms with Crippen molar-refractivity contribution in [3.63, 3.8) is 0 Å². The van der Waals surface area contributed by atoms with E-state index in [0.717, 1.165) is 19.3 Å². The van der Waals surface area contributed by atoms with Crippen LogP contribution in [0.25, 0.3) is 0 Å². The van der Waals surface area contributed by atoms with Crippen molar-refractivity contribution in [2.75, 3.05) is 0 Å². The van der Waals surface area contributed by atoms with Crippen LogP contribution < -0.4 is 0 Å². The second kappa shape index (κ2) is 2.57. The number of carbonyl (C=O) groups is 1. The molecule has 0 aromatic carbocycles. The van der Waals surface area contributed by atoms with Crippen molar-refractivity contribution in [2.45, 2.75) is 33.1 Å². The van der Waals surface area contributed by atoms with Gasteiger partial charge in [0.2, 0.25) is 0 Å². The van der Waals surface area contributed by atoms with E-state index in [9.17, 15) is 4.79 Å². The number of carbonyl (C=O) groups excluding carboxylic acids is 1. The maximum Gasteiger partial charge on any atom is 0.155 e. The van der Waals surface area contributed by atoms with Crippen molar-refractivity contribution in [3.05, 3.63) is 12.2 Å². The van der Waals surface area contributed by atoms with E-state index in [-0.39, 0.29) is 11.2 Å². The van der Waals surface area contributed by atoms with Crippen LogP contribution in [0.3, 0.4) is 0 Å². The van der Waals surface area contributed by atoms with Crippen molar-refractivity contribution in [3.8, 4) is 0 Å². The van der Waals surface area contributed by atoms with E-state index in [1.54, 1.807) is 6.08 Å². The zero-order chi connectivity index (χ0) is 7.61. The third kappa shape index (κ3) is 1.98. The molecule has 0 heterocycles. The normalized spacial score (nSPS) is 24.4. The highest BCUT2D eigenvalue weighted by Gasteiger charge is 2.16. The molecule has 0 amide bonds. The van der Waals surface area contributed by atoms with Gasteiger partial charge >= 0.3 is 0 Å². The second-order valence-electron chi connectivity index (χ2n) is 3.64. The van der Waals surface area contributed by atoms with Gasteiger partial charge < -0.3 is 0 Å². The minimum atomic E-state index is 0.242. The van der Waals surface area contributed by atoms with Gasteiger partial charge in [0.15, 0.2) is 5.78 Å². The Labute approximate surface area is 62.1 Å². The summed E-state index contributed by atoms with van der Waals surface area (Å²) in [6.07, 6.45) is 6.67. The highest BCUT2D eigenvalue weighted by Crippen LogP contribution is 2.27. The first-order valence-corrected chi connectivity index (χ1v) is 3.82. The summed E-state index contributed by atoms with van der Waals surface area (Å²) < 4.78 is 0. The van der Waals surface area contributed by atoms with E-state index in [2.05, 4.69) is 13.8 Å². The van der Waals surface area contributed by atoms with Crippen LogP contribution in [0.2, 0.25) is 0 Å². The minimum absolute atomic E-state index is 0.242. The molecule has 1 heteroatoms. The van der Waals surface area contributed by atoms with Gasteiger partial charge in [-0.3, -0.25) is 4.79 Å². The highest BCUT2D eigenvalue weighted by atomic mass is 16.1. The molecule has 0 N–H and O–H groups in total. The molecule has 0 bridgehead atoms. The third-order valence-electron chi connectivity index (χ3n) is 1.96. The number of hydrogen-bond donors (Lipinski definition) is 0. The Morgan fingerprint density at radius 3 is 2.90 bits per heavy atom. The Morgan fingerprint density at radius 2 is 2.20 bits per heavy atom. The topological polar surface area (TPSA) is 17.1 Å². The molecule has 0 spiro atoms. The summed E-state index contributed by atoms with van der Waals surface area (Å²) in [5, 5.41) is 0. The summed E-state index contributed by atoms with van der Waals surface area (Å²) in [6.45, 7) is 4.34. The van der Waals surface area contributed by atoms with E-state index in [1.165, 1.54) is 0 Å². The molecule has 0 aliphatic heterocycles. The Balaban J connectivity index is 2.68. The molecular formula is C9H14O. The first-order valence-electron chi connectivity index (χ1n) is 3.82. The quantitative estimate of drug-likeness (QED) is 0.502. The fourth-order valence-electron chi connectivity index (χ4n) is 1.20. The van der Waals surface area contributed by atoms with Gasteiger partial charge in [-0.1, -0.05) is 19.9 Å². The lowest BCUT2D eigenvalue weighted by Crippen LogP contribution is -2.04. The van der Waals surface area contributed by atoms with Crippen LogP contribution in [0, 0.1) is 5.41 Å². The van der Waals surface area contributed by atoms with Crippen molar-refractivity contribution < 1.29 is 4.79 Å². The lowest BCUT2D eigenvalue weighted by atomic mass is 9.89. The van der Waals surface area contributed by atoms with Gasteiger partial charge in [0.05, 0.1) is 0 Å². The molecule has 10 heavy (non-hydrogen) atoms. The standard InChI is InChI=1S/C9H14O/c1-9(2)6-3-4-8(10)5-7-9/h5,7H,3-4,6H2,1-2H3. The number of allylic oxidation sites excluding steroid dienone is 2. The van der Waals surface area contributed by atoms with Gasteiger partial charge in [0, 0.05) is 6.42 Å². The summed E-state index contributed by atoms with van der Waals surface area (Å²) in [7, 11) is 0. The molecule has 56 valence electrons. The zero-order valence-electron chi connectivity index (χ0n) is 6.68. The Bertz CT molecular complexity index is 166. The number of hydrogen-bond acceptors (Lipinski definition) is 1. The first kappa shape index (κ1) is 7.52. The lowest BCUT2D eigenvalue weighted by molar-refractivity contribution is -0.114. The van der Waals surface area contributed by atoms with Crippen molar-refractivity contribution >= 4 is 5.78 Å². The Kier molecular flexibility index (Phi) is 1.93. The summed E-state index contributed by atoms with van der Waals surface area (Å²) in [4.78, 5) is 10.9. The molecule has 0 saturated heterocycles. The average Bonchev–Trinajstić information content (AvgIpc) is 1.94. The first-order chi connectivity index (χ1) is 4.60. The summed E-state index contributed by atoms with van der Waals surface area (Å²) in [6, 6.07) is 0. The monoisotopic (exact) mass is 138 g/mol. The van der Waals surface area contributed by atoms with Crippen molar-refractivity contribution in [1.29, 1.82) is 0 Å². The van der Waals surface area contributed by atoms with Crippen LogP contribution >= 0.6 is 0 Å². The summed E-state index contributed by atoms with van der Waals surface area (Å²) >= 11 is 0. The molecule has 0 radical (unpaired) electrons. The van der Waals surface area contributed by atoms with Gasteiger partial charge in [-0.2, -0.15) is 0 Å². The smallest absolute Gasteiger partial charge is 0.155 e. The van der Waals surface area contributed by atoms with Crippen LogP contribution in [0.15, 0.2) is 12.2 Å². The van der Waals surface area contributed by atoms with E-state index in [0.29, 0.717) is 0 Å². The molecule has 1 aliphatic carbocycles. The minimum Gasteiger partial charge on any atom is -0.295 e. The van der Waals surface area contributed by atoms with Crippen LogP contribution in [-0.4, -0.2) is 5.78 Å². The van der Waals surface area contributed by atoms with Gasteiger partial charge in [-0.25, -0.2) is 0 Å². The maximum absolute atomic E-state index is 10.9. The van der Waals surface area contributed by atoms with E-state index in [4.69, 9.17) is 0 Å². The van der Waals surface area contributed by atoms with Crippen LogP contribution in [0.5, 0.6) is 0 Å². The van der Waals surface area contributed by atoms with E-state index < -0.39 is 0 Å². The van der Waals surface area contributed by atoms with Crippen LogP contribution in [0.4, 0.5) is 0 Å². The molecule has 0 atom stereocenters. The fraction of sp³-hybridized carbons (Fsp3) is 0.667. The largest absolute Gasteiger partial charge is 0.295 e. The van der Waals surface area contributed by atoms with E-state index >= 15 is 0 Å². The SMILES string of the molecule is CC1(C)C=CC(=O)CCC1. The molecule has 1 rings (SSSR count). The van der Waals surface area contributed by atoms with Crippen LogP contribution in [-0.2, 0) is 4.79 Å². The van der Waals surface area contributed by atoms with Crippen molar-refractivity contribution in [1.82, 2.24) is 0 Å². The highest BCUT2D eigenvalue weighted by molar-refractivity contribution is 5.89. The fourth-order valence-corrected chi connectivity index (χ4v) is 1.20. The van der Waals surface area contributed by atoms with Crippen molar-refractivity contribution in [2.24, 2.45) is 5.41 Å². The summed E-state index contributed by atoms with van der Waals surface area (Å²) in [5.74, 6) is 0.283. The maximum atomic E-state index is 10.9. The summed E-state index contributed by atoms with van der Waals surface area (Å²) in [5.41, 5.74) is 0.242. The van der Waals surface area contributed by atoms with Gasteiger partial charge in [-0.15, -0.1) is 0 Å². The lowest BCUT2D eigenvalue weighted by Gasteiger charge is -2.16. The Hall–Kier alpha value is -0.590. The second-order valence-corrected chi connectivity index (χ2v) is 3.64. The number of rotatable bonds is 0. The third-order valence-corrected chi connectivity index (χ3v) is 1.96. The van der Waals surface area contributed by atoms with Gasteiger partial charge in [0.25, 0.3) is 0 Å². The predicted octanol–water partition coefficient (Wildman–Crippen LogP) is 2.32. The zero-order valence-corrected chi connectivity index (χ0v) is 6.68. The van der Waals surface area contributed by atoms with Gasteiger partial charge in [-0.05, 0) is 24.3 Å². The van der Waals surface area contributed by atoms with Crippen LogP contribution in [0.1, 0.15) is 33.1 Å². The van der Waals surface area contributed by atoms with E-state index in [1.807, 2.05) is 6.08 Å². The van der Waals surface area contributed by atoms with Gasteiger partial charge in [0.1, 0.15) is 0 Å². The molecule has 0 aromatic rings. The molecule has 0 unspecified atom stereocenters. The molecule has 0 saturated carbocycles. The molecular weight excluding hydrogens is 124 g/mol. The molecule has 1 aliphatic rings. The predicted molar refractivity (Wildman–Crippen MR) is 41.8 cm³/mol. The average molecular weight is 138 g/mol. The number of ketones is 1. The molecule has 0 fully saturated rings. The molecule has 1 nitrogen and oxygen atoms in total. The molecule has 0 aromatic heterocycles. The Morgan fingerprint density at radius 1 is 1.50 bits per heavy atom.